The SMILES string of the molecule is Cc1ccc(S(=O)(=O)N2CCC(c3ccc4c(c3)OCO4)C2)cc1C. The Labute approximate surface area is 148 Å². The number of sulfonamides is 1. The highest BCUT2D eigenvalue weighted by atomic mass is 32.2. The molecule has 2 aliphatic rings. The Morgan fingerprint density at radius 2 is 1.80 bits per heavy atom. The maximum absolute atomic E-state index is 12.9. The third-order valence-corrected chi connectivity index (χ3v) is 7.00. The van der Waals surface area contributed by atoms with Crippen LogP contribution >= 0.6 is 0 Å². The van der Waals surface area contributed by atoms with Gasteiger partial charge in [0.05, 0.1) is 4.90 Å². The van der Waals surface area contributed by atoms with Gasteiger partial charge >= 0.3 is 0 Å². The number of fused-ring (bicyclic) bond motifs is 1. The number of rotatable bonds is 3. The summed E-state index contributed by atoms with van der Waals surface area (Å²) in [5.74, 6) is 1.67. The molecule has 0 aromatic heterocycles. The van der Waals surface area contributed by atoms with Crippen LogP contribution in [0.3, 0.4) is 0 Å². The van der Waals surface area contributed by atoms with E-state index in [1.165, 1.54) is 0 Å². The minimum Gasteiger partial charge on any atom is -0.454 e. The Kier molecular flexibility index (Phi) is 3.96. The van der Waals surface area contributed by atoms with Crippen molar-refractivity contribution in [3.8, 4) is 11.5 Å². The van der Waals surface area contributed by atoms with E-state index in [0.717, 1.165) is 34.6 Å². The molecule has 5 nitrogen and oxygen atoms in total. The lowest BCUT2D eigenvalue weighted by atomic mass is 9.98. The summed E-state index contributed by atoms with van der Waals surface area (Å²) in [5.41, 5.74) is 3.19. The van der Waals surface area contributed by atoms with Crippen molar-refractivity contribution in [2.45, 2.75) is 31.1 Å². The fourth-order valence-corrected chi connectivity index (χ4v) is 4.99. The monoisotopic (exact) mass is 359 g/mol. The largest absolute Gasteiger partial charge is 0.454 e. The molecule has 0 spiro atoms. The first-order valence-corrected chi connectivity index (χ1v) is 9.86. The average Bonchev–Trinajstić information content (AvgIpc) is 3.25. The van der Waals surface area contributed by atoms with Crippen LogP contribution in [-0.4, -0.2) is 32.6 Å². The molecule has 0 aliphatic carbocycles. The molecular formula is C19H21NO4S. The van der Waals surface area contributed by atoms with Crippen molar-refractivity contribution in [1.82, 2.24) is 4.31 Å². The Balaban J connectivity index is 1.56. The Morgan fingerprint density at radius 1 is 1.00 bits per heavy atom. The molecule has 2 aromatic carbocycles. The zero-order valence-electron chi connectivity index (χ0n) is 14.4. The first kappa shape index (κ1) is 16.4. The van der Waals surface area contributed by atoms with Crippen LogP contribution in [0.4, 0.5) is 0 Å². The van der Waals surface area contributed by atoms with Crippen molar-refractivity contribution in [1.29, 1.82) is 0 Å². The molecule has 2 aliphatic heterocycles. The summed E-state index contributed by atoms with van der Waals surface area (Å²) in [7, 11) is -3.45. The molecule has 0 saturated carbocycles. The molecule has 0 amide bonds. The topological polar surface area (TPSA) is 55.8 Å². The van der Waals surface area contributed by atoms with Crippen LogP contribution in [0.5, 0.6) is 11.5 Å². The molecular weight excluding hydrogens is 338 g/mol. The Hall–Kier alpha value is -2.05. The summed E-state index contributed by atoms with van der Waals surface area (Å²) >= 11 is 0. The molecule has 0 N–H and O–H groups in total. The third-order valence-electron chi connectivity index (χ3n) is 5.14. The summed E-state index contributed by atoms with van der Waals surface area (Å²) < 4.78 is 38.3. The van der Waals surface area contributed by atoms with Crippen LogP contribution in [0.15, 0.2) is 41.3 Å². The fourth-order valence-electron chi connectivity index (χ4n) is 3.41. The number of nitrogens with zero attached hydrogens (tertiary/aromatic N) is 1. The van der Waals surface area contributed by atoms with E-state index in [9.17, 15) is 8.42 Å². The van der Waals surface area contributed by atoms with E-state index < -0.39 is 10.0 Å². The molecule has 1 unspecified atom stereocenters. The van der Waals surface area contributed by atoms with Gasteiger partial charge in [0.2, 0.25) is 16.8 Å². The lowest BCUT2D eigenvalue weighted by Crippen LogP contribution is -2.28. The van der Waals surface area contributed by atoms with Crippen LogP contribution < -0.4 is 9.47 Å². The van der Waals surface area contributed by atoms with Gasteiger partial charge in [-0.1, -0.05) is 12.1 Å². The molecule has 4 rings (SSSR count). The lowest BCUT2D eigenvalue weighted by molar-refractivity contribution is 0.174. The van der Waals surface area contributed by atoms with Crippen LogP contribution in [-0.2, 0) is 10.0 Å². The lowest BCUT2D eigenvalue weighted by Gasteiger charge is -2.17. The number of hydrogen-bond acceptors (Lipinski definition) is 4. The maximum atomic E-state index is 12.9. The van der Waals surface area contributed by atoms with Crippen molar-refractivity contribution in [2.75, 3.05) is 19.9 Å². The van der Waals surface area contributed by atoms with Gasteiger partial charge in [0.25, 0.3) is 0 Å². The molecule has 25 heavy (non-hydrogen) atoms. The number of benzene rings is 2. The van der Waals surface area contributed by atoms with E-state index in [0.29, 0.717) is 18.0 Å². The van der Waals surface area contributed by atoms with Crippen molar-refractivity contribution < 1.29 is 17.9 Å². The average molecular weight is 359 g/mol. The Morgan fingerprint density at radius 3 is 2.60 bits per heavy atom. The van der Waals surface area contributed by atoms with Gasteiger partial charge < -0.3 is 9.47 Å². The van der Waals surface area contributed by atoms with Crippen molar-refractivity contribution in [3.63, 3.8) is 0 Å². The van der Waals surface area contributed by atoms with E-state index >= 15 is 0 Å². The predicted octanol–water partition coefficient (Wildman–Crippen LogP) is 3.21. The first-order chi connectivity index (χ1) is 11.9. The standard InChI is InChI=1S/C19H21NO4S/c1-13-3-5-17(9-14(13)2)25(21,22)20-8-7-16(11-20)15-4-6-18-19(10-15)24-12-23-18/h3-6,9-10,16H,7-8,11-12H2,1-2H3. The fraction of sp³-hybridized carbons (Fsp3) is 0.368. The minimum absolute atomic E-state index is 0.177. The van der Waals surface area contributed by atoms with E-state index in [1.807, 2.05) is 38.1 Å². The summed E-state index contributed by atoms with van der Waals surface area (Å²) in [6.45, 7) is 5.20. The van der Waals surface area contributed by atoms with E-state index in [2.05, 4.69) is 0 Å². The van der Waals surface area contributed by atoms with Gasteiger partial charge in [-0.2, -0.15) is 4.31 Å². The molecule has 1 fully saturated rings. The van der Waals surface area contributed by atoms with Gasteiger partial charge in [-0.3, -0.25) is 0 Å². The van der Waals surface area contributed by atoms with E-state index in [4.69, 9.17) is 9.47 Å². The zero-order chi connectivity index (χ0) is 17.6. The van der Waals surface area contributed by atoms with Gasteiger partial charge in [0, 0.05) is 13.1 Å². The van der Waals surface area contributed by atoms with Crippen molar-refractivity contribution in [3.05, 3.63) is 53.1 Å². The Bertz CT molecular complexity index is 923. The molecule has 2 heterocycles. The van der Waals surface area contributed by atoms with Crippen molar-refractivity contribution >= 4 is 10.0 Å². The second kappa shape index (κ2) is 6.04. The second-order valence-corrected chi connectivity index (χ2v) is 8.65. The number of aryl methyl sites for hydroxylation is 2. The van der Waals surface area contributed by atoms with E-state index in [1.54, 1.807) is 16.4 Å². The summed E-state index contributed by atoms with van der Waals surface area (Å²) in [6, 6.07) is 11.2. The van der Waals surface area contributed by atoms with Gasteiger partial charge in [-0.15, -0.1) is 0 Å². The van der Waals surface area contributed by atoms with Gasteiger partial charge in [0.1, 0.15) is 0 Å². The second-order valence-electron chi connectivity index (χ2n) is 6.71. The minimum atomic E-state index is -3.45. The highest BCUT2D eigenvalue weighted by molar-refractivity contribution is 7.89. The van der Waals surface area contributed by atoms with Gasteiger partial charge in [-0.25, -0.2) is 8.42 Å². The highest BCUT2D eigenvalue weighted by Crippen LogP contribution is 2.38. The molecule has 0 radical (unpaired) electrons. The number of hydrogen-bond donors (Lipinski definition) is 0. The van der Waals surface area contributed by atoms with E-state index in [-0.39, 0.29) is 12.7 Å². The summed E-state index contributed by atoms with van der Waals surface area (Å²) in [6.07, 6.45) is 0.809. The molecule has 132 valence electrons. The summed E-state index contributed by atoms with van der Waals surface area (Å²) in [4.78, 5) is 0.377. The van der Waals surface area contributed by atoms with Gasteiger partial charge in [0.15, 0.2) is 11.5 Å². The zero-order valence-corrected chi connectivity index (χ0v) is 15.2. The van der Waals surface area contributed by atoms with Gasteiger partial charge in [-0.05, 0) is 67.1 Å². The molecule has 6 heteroatoms. The van der Waals surface area contributed by atoms with Crippen LogP contribution in [0.25, 0.3) is 0 Å². The van der Waals surface area contributed by atoms with Crippen LogP contribution in [0.1, 0.15) is 29.0 Å². The predicted molar refractivity (Wildman–Crippen MR) is 94.6 cm³/mol. The molecule has 0 bridgehead atoms. The number of ether oxygens (including phenoxy) is 2. The van der Waals surface area contributed by atoms with Crippen LogP contribution in [0, 0.1) is 13.8 Å². The highest BCUT2D eigenvalue weighted by Gasteiger charge is 2.33. The van der Waals surface area contributed by atoms with Crippen LogP contribution in [0.2, 0.25) is 0 Å². The smallest absolute Gasteiger partial charge is 0.243 e. The molecule has 2 aromatic rings. The van der Waals surface area contributed by atoms with Crippen molar-refractivity contribution in [2.24, 2.45) is 0 Å². The molecule has 1 saturated heterocycles. The summed E-state index contributed by atoms with van der Waals surface area (Å²) in [5, 5.41) is 0. The normalized spacial score (nSPS) is 20.2. The quantitative estimate of drug-likeness (QED) is 0.844. The molecule has 1 atom stereocenters. The first-order valence-electron chi connectivity index (χ1n) is 8.42. The maximum Gasteiger partial charge on any atom is 0.243 e. The third kappa shape index (κ3) is 2.89.